The Morgan fingerprint density at radius 1 is 1.06 bits per heavy atom. The monoisotopic (exact) mass is 503 g/mol. The summed E-state index contributed by atoms with van der Waals surface area (Å²) in [5.41, 5.74) is 4.53. The van der Waals surface area contributed by atoms with E-state index in [1.807, 2.05) is 60.8 Å². The molecule has 2 aromatic carbocycles. The molecule has 5 rings (SSSR count). The maximum atomic E-state index is 11.8. The zero-order valence-electron chi connectivity index (χ0n) is 19.8. The summed E-state index contributed by atoms with van der Waals surface area (Å²) in [5.74, 6) is 1.25. The number of anilines is 5. The van der Waals surface area contributed by atoms with Gasteiger partial charge in [-0.05, 0) is 48.0 Å². The molecule has 11 heteroatoms. The third-order valence-corrected chi connectivity index (χ3v) is 7.45. The van der Waals surface area contributed by atoms with Crippen molar-refractivity contribution in [1.82, 2.24) is 14.3 Å². The molecule has 0 amide bonds. The molecule has 0 unspecified atom stereocenters. The molecule has 1 fully saturated rings. The van der Waals surface area contributed by atoms with E-state index in [1.54, 1.807) is 0 Å². The molecule has 0 atom stereocenters. The van der Waals surface area contributed by atoms with E-state index in [-0.39, 0.29) is 0 Å². The third-order valence-electron chi connectivity index (χ3n) is 6.14. The second-order valence-corrected chi connectivity index (χ2v) is 10.7. The maximum absolute atomic E-state index is 11.8. The van der Waals surface area contributed by atoms with Crippen LogP contribution in [-0.4, -0.2) is 55.1 Å². The van der Waals surface area contributed by atoms with Gasteiger partial charge < -0.3 is 10.2 Å². The molecule has 1 aliphatic heterocycles. The molecule has 184 valence electrons. The van der Waals surface area contributed by atoms with Gasteiger partial charge in [-0.15, -0.1) is 0 Å². The lowest BCUT2D eigenvalue weighted by Gasteiger charge is -2.34. The van der Waals surface area contributed by atoms with Crippen LogP contribution >= 0.6 is 0 Å². The van der Waals surface area contributed by atoms with E-state index >= 15 is 0 Å². The van der Waals surface area contributed by atoms with Gasteiger partial charge in [0.2, 0.25) is 21.5 Å². The highest BCUT2D eigenvalue weighted by Gasteiger charge is 2.23. The Kier molecular flexibility index (Phi) is 6.45. The number of piperazine rings is 1. The number of nitriles is 1. The number of rotatable bonds is 7. The number of hydrogen-bond acceptors (Lipinski definition) is 7. The average Bonchev–Trinajstić information content (AvgIpc) is 3.34. The maximum Gasteiger partial charge on any atom is 0.351 e. The molecular weight excluding hydrogens is 476 g/mol. The van der Waals surface area contributed by atoms with Crippen molar-refractivity contribution < 1.29 is 13.4 Å². The van der Waals surface area contributed by atoms with Gasteiger partial charge in [0.05, 0.1) is 29.8 Å². The topological polar surface area (TPSA) is 131 Å². The molecule has 10 nitrogen and oxygen atoms in total. The second kappa shape index (κ2) is 9.85. The van der Waals surface area contributed by atoms with Crippen molar-refractivity contribution in [2.75, 3.05) is 48.0 Å². The van der Waals surface area contributed by atoms with Crippen LogP contribution in [0.4, 0.5) is 28.8 Å². The predicted octanol–water partition coefficient (Wildman–Crippen LogP) is 3.01. The molecule has 0 aliphatic carbocycles. The van der Waals surface area contributed by atoms with Crippen molar-refractivity contribution >= 4 is 49.9 Å². The van der Waals surface area contributed by atoms with Gasteiger partial charge in [-0.1, -0.05) is 17.1 Å². The van der Waals surface area contributed by atoms with Crippen molar-refractivity contribution in [3.8, 4) is 6.07 Å². The van der Waals surface area contributed by atoms with Crippen LogP contribution in [0.15, 0.2) is 60.8 Å². The van der Waals surface area contributed by atoms with Crippen LogP contribution in [-0.2, 0) is 16.4 Å². The number of nitrogens with zero attached hydrogens (tertiary/aromatic N) is 4. The number of benzene rings is 2. The summed E-state index contributed by atoms with van der Waals surface area (Å²) in [7, 11) is -3.15. The van der Waals surface area contributed by atoms with Crippen LogP contribution in [0.25, 0.3) is 11.0 Å². The van der Waals surface area contributed by atoms with Crippen molar-refractivity contribution in [3.05, 3.63) is 66.4 Å². The van der Waals surface area contributed by atoms with Gasteiger partial charge in [-0.3, -0.25) is 10.3 Å². The molecule has 0 bridgehead atoms. The molecule has 1 saturated heterocycles. The Labute approximate surface area is 209 Å². The van der Waals surface area contributed by atoms with Crippen LogP contribution in [0, 0.1) is 11.3 Å². The van der Waals surface area contributed by atoms with E-state index in [1.165, 1.54) is 10.6 Å². The minimum Gasteiger partial charge on any atom is -0.369 e. The highest BCUT2D eigenvalue weighted by Crippen LogP contribution is 2.26. The van der Waals surface area contributed by atoms with Crippen LogP contribution in [0.1, 0.15) is 5.56 Å². The van der Waals surface area contributed by atoms with Gasteiger partial charge in [0.1, 0.15) is 0 Å². The van der Waals surface area contributed by atoms with Crippen LogP contribution in [0.2, 0.25) is 0 Å². The fraction of sp³-hybridized carbons (Fsp3) is 0.240. The second-order valence-electron chi connectivity index (χ2n) is 8.68. The van der Waals surface area contributed by atoms with Gasteiger partial charge >= 0.3 is 5.95 Å². The standard InChI is InChI=1S/C25H26N8O2S/c1-36(34,35)33-15-13-32(14-16-33)21-7-5-19(6-8-21)29-25-30-23-22(10-12-27-23)24(31-25)28-20-4-2-3-18(17-20)9-11-26/h2-8,10,12,17H,9,13-16H2,1H3,(H3,27,28,29,30,31)/p+1. The van der Waals surface area contributed by atoms with Crippen LogP contribution in [0.5, 0.6) is 0 Å². The lowest BCUT2D eigenvalue weighted by molar-refractivity contribution is -0.333. The first-order chi connectivity index (χ1) is 17.4. The Morgan fingerprint density at radius 3 is 2.56 bits per heavy atom. The molecular formula is C25H27N8O2S+. The van der Waals surface area contributed by atoms with E-state index in [9.17, 15) is 8.42 Å². The fourth-order valence-corrected chi connectivity index (χ4v) is 5.13. The molecule has 4 N–H and O–H groups in total. The fourth-order valence-electron chi connectivity index (χ4n) is 4.30. The lowest BCUT2D eigenvalue weighted by Crippen LogP contribution is -2.48. The molecule has 36 heavy (non-hydrogen) atoms. The first-order valence-electron chi connectivity index (χ1n) is 11.6. The lowest BCUT2D eigenvalue weighted by atomic mass is 10.1. The third kappa shape index (κ3) is 5.25. The highest BCUT2D eigenvalue weighted by atomic mass is 32.2. The number of nitrogens with one attached hydrogen (secondary N) is 4. The van der Waals surface area contributed by atoms with Crippen LogP contribution in [0.3, 0.4) is 0 Å². The largest absolute Gasteiger partial charge is 0.369 e. The van der Waals surface area contributed by atoms with Gasteiger partial charge in [0.15, 0.2) is 0 Å². The minimum absolute atomic E-state index is 0.348. The van der Waals surface area contributed by atoms with Gasteiger partial charge in [-0.25, -0.2) is 13.4 Å². The summed E-state index contributed by atoms with van der Waals surface area (Å²) in [6.45, 7) is 2.29. The Balaban J connectivity index is 1.31. The van der Waals surface area contributed by atoms with Gasteiger partial charge in [0.25, 0.3) is 0 Å². The Morgan fingerprint density at radius 2 is 1.83 bits per heavy atom. The first kappa shape index (κ1) is 23.6. The number of aromatic nitrogens is 3. The van der Waals surface area contributed by atoms with Gasteiger partial charge in [0, 0.05) is 43.8 Å². The normalized spacial score (nSPS) is 14.5. The molecule has 0 spiro atoms. The van der Waals surface area contributed by atoms with E-state index in [4.69, 9.17) is 10.2 Å². The van der Waals surface area contributed by atoms with E-state index in [0.29, 0.717) is 44.4 Å². The van der Waals surface area contributed by atoms with E-state index in [0.717, 1.165) is 33.7 Å². The van der Waals surface area contributed by atoms with E-state index in [2.05, 4.69) is 31.6 Å². The van der Waals surface area contributed by atoms with Crippen molar-refractivity contribution in [3.63, 3.8) is 0 Å². The Hall–Kier alpha value is -4.14. The van der Waals surface area contributed by atoms with Crippen molar-refractivity contribution in [2.24, 2.45) is 0 Å². The molecule has 3 heterocycles. The summed E-state index contributed by atoms with van der Waals surface area (Å²) in [4.78, 5) is 13.4. The van der Waals surface area contributed by atoms with Crippen molar-refractivity contribution in [2.45, 2.75) is 6.42 Å². The number of H-pyrrole nitrogens is 2. The Bertz CT molecular complexity index is 1520. The SMILES string of the molecule is CS(=O)(=O)N1CCN(c2ccc(Nc3nc(Nc4cccc(CC#N)c4)c4cc[nH]c4[nH+]3)cc2)CC1. The number of fused-ring (bicyclic) bond motifs is 1. The molecule has 0 radical (unpaired) electrons. The molecule has 0 saturated carbocycles. The summed E-state index contributed by atoms with van der Waals surface area (Å²) in [6, 6.07) is 19.8. The molecule has 4 aromatic rings. The molecule has 1 aliphatic rings. The summed E-state index contributed by atoms with van der Waals surface area (Å²) in [5, 5.41) is 16.6. The van der Waals surface area contributed by atoms with E-state index < -0.39 is 10.0 Å². The van der Waals surface area contributed by atoms with Crippen molar-refractivity contribution in [1.29, 1.82) is 5.26 Å². The molecule has 2 aromatic heterocycles. The predicted molar refractivity (Wildman–Crippen MR) is 140 cm³/mol. The van der Waals surface area contributed by atoms with Gasteiger partial charge in [-0.2, -0.15) is 9.57 Å². The number of aromatic amines is 2. The van der Waals surface area contributed by atoms with Crippen LogP contribution < -0.4 is 20.5 Å². The summed E-state index contributed by atoms with van der Waals surface area (Å²) < 4.78 is 25.0. The highest BCUT2D eigenvalue weighted by molar-refractivity contribution is 7.88. The summed E-state index contributed by atoms with van der Waals surface area (Å²) in [6.07, 6.45) is 3.45. The summed E-state index contributed by atoms with van der Waals surface area (Å²) >= 11 is 0. The average molecular weight is 504 g/mol. The number of sulfonamides is 1. The first-order valence-corrected chi connectivity index (χ1v) is 13.4. The minimum atomic E-state index is -3.15. The number of hydrogen-bond donors (Lipinski definition) is 3. The smallest absolute Gasteiger partial charge is 0.351 e. The quantitative estimate of drug-likeness (QED) is 0.353. The zero-order valence-corrected chi connectivity index (χ0v) is 20.6. The zero-order chi connectivity index (χ0) is 25.1.